The SMILES string of the molecule is CCOC(=O)c1ccc(N2N=C(C)[C@]3(Cc4ccccc4N4CCN(c5ncccn5)C[C@@H]43)C2=O)cc1. The monoisotopic (exact) mass is 496 g/mol. The molecule has 9 heteroatoms. The van der Waals surface area contributed by atoms with Gasteiger partial charge in [-0.05, 0) is 62.2 Å². The van der Waals surface area contributed by atoms with Gasteiger partial charge in [-0.15, -0.1) is 0 Å². The lowest BCUT2D eigenvalue weighted by molar-refractivity contribution is -0.125. The smallest absolute Gasteiger partial charge is 0.338 e. The molecule has 3 aromatic rings. The van der Waals surface area contributed by atoms with Crippen molar-refractivity contribution in [2.45, 2.75) is 26.3 Å². The van der Waals surface area contributed by atoms with Gasteiger partial charge >= 0.3 is 5.97 Å². The molecule has 0 unspecified atom stereocenters. The second-order valence-corrected chi connectivity index (χ2v) is 9.55. The van der Waals surface area contributed by atoms with Crippen LogP contribution in [0.2, 0.25) is 0 Å². The summed E-state index contributed by atoms with van der Waals surface area (Å²) in [6, 6.07) is 16.8. The number of carbonyl (C=O) groups excluding carboxylic acids is 2. The van der Waals surface area contributed by atoms with E-state index in [4.69, 9.17) is 9.84 Å². The quantitative estimate of drug-likeness (QED) is 0.512. The number of ether oxygens (including phenoxy) is 1. The Morgan fingerprint density at radius 2 is 1.81 bits per heavy atom. The van der Waals surface area contributed by atoms with Crippen molar-refractivity contribution in [1.82, 2.24) is 9.97 Å². The first-order chi connectivity index (χ1) is 18.0. The standard InChI is InChI=1S/C28H28N6O3/c1-3-37-25(35)20-9-11-22(12-10-20)34-26(36)28(19(2)31-34)17-21-7-4-5-8-23(21)33-16-15-32(18-24(28)33)27-29-13-6-14-30-27/h4-14,24H,3,15-18H2,1-2H3/t24-,28+/m1/s1. The first-order valence-electron chi connectivity index (χ1n) is 12.6. The van der Waals surface area contributed by atoms with Crippen LogP contribution in [0.1, 0.15) is 29.8 Å². The van der Waals surface area contributed by atoms with E-state index in [0.717, 1.165) is 24.4 Å². The molecule has 0 N–H and O–H groups in total. The third kappa shape index (κ3) is 3.64. The molecule has 6 rings (SSSR count). The highest BCUT2D eigenvalue weighted by Gasteiger charge is 2.60. The van der Waals surface area contributed by atoms with Crippen LogP contribution < -0.4 is 14.8 Å². The molecule has 0 radical (unpaired) electrons. The van der Waals surface area contributed by atoms with Crippen LogP contribution in [0.15, 0.2) is 72.1 Å². The van der Waals surface area contributed by atoms with E-state index in [1.807, 2.05) is 13.0 Å². The molecular formula is C28H28N6O3. The predicted molar refractivity (Wildman–Crippen MR) is 141 cm³/mol. The molecule has 1 aromatic heterocycles. The average Bonchev–Trinajstić information content (AvgIpc) is 3.19. The summed E-state index contributed by atoms with van der Waals surface area (Å²) in [4.78, 5) is 39.9. The molecule has 9 nitrogen and oxygen atoms in total. The van der Waals surface area contributed by atoms with Gasteiger partial charge in [0.05, 0.1) is 29.6 Å². The van der Waals surface area contributed by atoms with Crippen molar-refractivity contribution < 1.29 is 14.3 Å². The summed E-state index contributed by atoms with van der Waals surface area (Å²) in [6.07, 6.45) is 4.06. The number of benzene rings is 2. The van der Waals surface area contributed by atoms with Gasteiger partial charge in [0, 0.05) is 37.7 Å². The van der Waals surface area contributed by atoms with Crippen LogP contribution in [-0.2, 0) is 16.0 Å². The largest absolute Gasteiger partial charge is 0.462 e. The van der Waals surface area contributed by atoms with Gasteiger partial charge in [-0.2, -0.15) is 10.1 Å². The molecule has 1 fully saturated rings. The number of hydrogen-bond donors (Lipinski definition) is 0. The molecule has 37 heavy (non-hydrogen) atoms. The van der Waals surface area contributed by atoms with E-state index in [1.54, 1.807) is 49.6 Å². The minimum atomic E-state index is -0.832. The summed E-state index contributed by atoms with van der Waals surface area (Å²) < 4.78 is 5.09. The lowest BCUT2D eigenvalue weighted by Gasteiger charge is -2.53. The Kier molecular flexibility index (Phi) is 5.62. The van der Waals surface area contributed by atoms with Crippen molar-refractivity contribution in [3.05, 3.63) is 78.1 Å². The van der Waals surface area contributed by atoms with Crippen molar-refractivity contribution in [2.75, 3.05) is 41.0 Å². The summed E-state index contributed by atoms with van der Waals surface area (Å²) in [5, 5.41) is 6.29. The number of hydrazone groups is 1. The highest BCUT2D eigenvalue weighted by atomic mass is 16.5. The highest BCUT2D eigenvalue weighted by molar-refractivity contribution is 6.20. The van der Waals surface area contributed by atoms with Crippen molar-refractivity contribution in [2.24, 2.45) is 10.5 Å². The Hall–Kier alpha value is -4.27. The van der Waals surface area contributed by atoms with Gasteiger partial charge in [0.25, 0.3) is 5.91 Å². The number of nitrogens with zero attached hydrogens (tertiary/aromatic N) is 6. The first-order valence-corrected chi connectivity index (χ1v) is 12.6. The van der Waals surface area contributed by atoms with Crippen LogP contribution in [0.5, 0.6) is 0 Å². The van der Waals surface area contributed by atoms with Gasteiger partial charge in [0.2, 0.25) is 5.95 Å². The molecule has 4 heterocycles. The number of carbonyl (C=O) groups is 2. The first kappa shape index (κ1) is 23.1. The molecule has 0 bridgehead atoms. The molecule has 2 atom stereocenters. The van der Waals surface area contributed by atoms with Crippen LogP contribution in [0.25, 0.3) is 0 Å². The normalized spacial score (nSPS) is 22.5. The number of amides is 1. The second-order valence-electron chi connectivity index (χ2n) is 9.55. The summed E-state index contributed by atoms with van der Waals surface area (Å²) in [7, 11) is 0. The molecule has 0 aliphatic carbocycles. The Morgan fingerprint density at radius 3 is 2.57 bits per heavy atom. The van der Waals surface area contributed by atoms with E-state index in [1.165, 1.54) is 10.7 Å². The molecule has 0 saturated carbocycles. The molecule has 2 aromatic carbocycles. The fraction of sp³-hybridized carbons (Fsp3) is 0.321. The van der Waals surface area contributed by atoms with E-state index in [2.05, 4.69) is 38.0 Å². The topological polar surface area (TPSA) is 91.2 Å². The fourth-order valence-electron chi connectivity index (χ4n) is 5.83. The maximum atomic E-state index is 14.4. The Balaban J connectivity index is 1.38. The van der Waals surface area contributed by atoms with Crippen molar-refractivity contribution in [3.8, 4) is 0 Å². The molecule has 1 amide bonds. The number of rotatable bonds is 4. The molecule has 3 aliphatic heterocycles. The maximum absolute atomic E-state index is 14.4. The van der Waals surface area contributed by atoms with E-state index in [0.29, 0.717) is 36.8 Å². The molecular weight excluding hydrogens is 468 g/mol. The Bertz CT molecular complexity index is 1380. The number of piperazine rings is 1. The molecule has 3 aliphatic rings. The lowest BCUT2D eigenvalue weighted by atomic mass is 9.67. The van der Waals surface area contributed by atoms with Gasteiger partial charge in [0.1, 0.15) is 5.41 Å². The zero-order chi connectivity index (χ0) is 25.6. The van der Waals surface area contributed by atoms with E-state index < -0.39 is 5.41 Å². The number of esters is 1. The number of anilines is 3. The molecule has 1 spiro atoms. The van der Waals surface area contributed by atoms with E-state index >= 15 is 0 Å². The third-order valence-corrected chi connectivity index (χ3v) is 7.65. The summed E-state index contributed by atoms with van der Waals surface area (Å²) in [5.41, 5.74) is 3.33. The predicted octanol–water partition coefficient (Wildman–Crippen LogP) is 3.31. The average molecular weight is 497 g/mol. The summed E-state index contributed by atoms with van der Waals surface area (Å²) >= 11 is 0. The van der Waals surface area contributed by atoms with Crippen LogP contribution in [-0.4, -0.2) is 59.8 Å². The number of para-hydroxylation sites is 1. The number of fused-ring (bicyclic) bond motifs is 4. The van der Waals surface area contributed by atoms with Crippen LogP contribution in [0.4, 0.5) is 17.3 Å². The number of aromatic nitrogens is 2. The minimum Gasteiger partial charge on any atom is -0.462 e. The zero-order valence-electron chi connectivity index (χ0n) is 20.9. The van der Waals surface area contributed by atoms with Crippen LogP contribution in [0.3, 0.4) is 0 Å². The van der Waals surface area contributed by atoms with E-state index in [9.17, 15) is 9.59 Å². The van der Waals surface area contributed by atoms with Gasteiger partial charge < -0.3 is 14.5 Å². The second kappa shape index (κ2) is 8.99. The summed E-state index contributed by atoms with van der Waals surface area (Å²) in [5.74, 6) is 0.222. The lowest BCUT2D eigenvalue weighted by Crippen LogP contribution is -2.67. The van der Waals surface area contributed by atoms with Crippen molar-refractivity contribution >= 4 is 34.9 Å². The van der Waals surface area contributed by atoms with Gasteiger partial charge in [-0.25, -0.2) is 14.8 Å². The zero-order valence-corrected chi connectivity index (χ0v) is 20.9. The Morgan fingerprint density at radius 1 is 1.05 bits per heavy atom. The summed E-state index contributed by atoms with van der Waals surface area (Å²) in [6.45, 7) is 6.14. The minimum absolute atomic E-state index is 0.0609. The number of hydrogen-bond acceptors (Lipinski definition) is 8. The van der Waals surface area contributed by atoms with E-state index in [-0.39, 0.29) is 17.9 Å². The highest BCUT2D eigenvalue weighted by Crippen LogP contribution is 2.48. The maximum Gasteiger partial charge on any atom is 0.338 e. The fourth-order valence-corrected chi connectivity index (χ4v) is 5.83. The van der Waals surface area contributed by atoms with Crippen LogP contribution >= 0.6 is 0 Å². The Labute approximate surface area is 215 Å². The molecule has 188 valence electrons. The third-order valence-electron chi connectivity index (χ3n) is 7.65. The van der Waals surface area contributed by atoms with Crippen LogP contribution in [0, 0.1) is 5.41 Å². The van der Waals surface area contributed by atoms with Gasteiger partial charge in [-0.1, -0.05) is 18.2 Å². The van der Waals surface area contributed by atoms with Gasteiger partial charge in [-0.3, -0.25) is 4.79 Å². The van der Waals surface area contributed by atoms with Gasteiger partial charge in [0.15, 0.2) is 0 Å². The van der Waals surface area contributed by atoms with Crippen molar-refractivity contribution in [1.29, 1.82) is 0 Å². The van der Waals surface area contributed by atoms with Crippen molar-refractivity contribution in [3.63, 3.8) is 0 Å². The molecule has 1 saturated heterocycles.